The minimum atomic E-state index is -0.626. The molecule has 24 heavy (non-hydrogen) atoms. The van der Waals surface area contributed by atoms with E-state index in [1.54, 1.807) is 0 Å². The highest BCUT2D eigenvalue weighted by Crippen LogP contribution is 2.14. The Morgan fingerprint density at radius 1 is 1.04 bits per heavy atom. The molecule has 4 nitrogen and oxygen atoms in total. The van der Waals surface area contributed by atoms with Gasteiger partial charge in [-0.15, -0.1) is 0 Å². The van der Waals surface area contributed by atoms with Crippen LogP contribution in [0, 0.1) is 0 Å². The van der Waals surface area contributed by atoms with Crippen molar-refractivity contribution in [1.29, 1.82) is 0 Å². The summed E-state index contributed by atoms with van der Waals surface area (Å²) in [5.41, 5.74) is 9.27. The summed E-state index contributed by atoms with van der Waals surface area (Å²) < 4.78 is 0. The van der Waals surface area contributed by atoms with Crippen LogP contribution in [-0.4, -0.2) is 23.9 Å². The van der Waals surface area contributed by atoms with Crippen molar-refractivity contribution >= 4 is 5.91 Å². The van der Waals surface area contributed by atoms with Crippen molar-refractivity contribution in [2.24, 2.45) is 5.73 Å². The molecule has 2 aromatic carbocycles. The molecule has 0 saturated carbocycles. The van der Waals surface area contributed by atoms with Gasteiger partial charge in [0.1, 0.15) is 6.04 Å². The maximum Gasteiger partial charge on any atom is 0.241 e. The van der Waals surface area contributed by atoms with Gasteiger partial charge in [0.05, 0.1) is 0 Å². The molecular formula is C20H25N3O. The summed E-state index contributed by atoms with van der Waals surface area (Å²) in [6, 6.07) is 17.3. The fraction of sp³-hybridized carbons (Fsp3) is 0.350. The number of nitrogens with two attached hydrogens (primary N) is 1. The zero-order valence-corrected chi connectivity index (χ0v) is 13.9. The van der Waals surface area contributed by atoms with E-state index in [9.17, 15) is 4.79 Å². The molecule has 1 heterocycles. The second-order valence-corrected chi connectivity index (χ2v) is 6.41. The zero-order valence-electron chi connectivity index (χ0n) is 13.9. The van der Waals surface area contributed by atoms with Crippen LogP contribution >= 0.6 is 0 Å². The van der Waals surface area contributed by atoms with Gasteiger partial charge in [-0.1, -0.05) is 54.6 Å². The third-order valence-electron chi connectivity index (χ3n) is 4.50. The van der Waals surface area contributed by atoms with E-state index in [2.05, 4.69) is 28.4 Å². The Labute approximate surface area is 143 Å². The second-order valence-electron chi connectivity index (χ2n) is 6.41. The first kappa shape index (κ1) is 16.7. The molecule has 1 aliphatic rings. The maximum absolute atomic E-state index is 12.2. The minimum Gasteiger partial charge on any atom is -0.350 e. The molecule has 0 bridgehead atoms. The first-order chi connectivity index (χ1) is 11.7. The van der Waals surface area contributed by atoms with E-state index in [4.69, 9.17) is 5.73 Å². The summed E-state index contributed by atoms with van der Waals surface area (Å²) in [5, 5.41) is 2.94. The van der Waals surface area contributed by atoms with Crippen LogP contribution in [0.3, 0.4) is 0 Å². The highest BCUT2D eigenvalue weighted by molar-refractivity contribution is 5.82. The third-order valence-corrected chi connectivity index (χ3v) is 4.50. The normalized spacial score (nSPS) is 16.0. The minimum absolute atomic E-state index is 0.147. The molecule has 1 aliphatic heterocycles. The first-order valence-electron chi connectivity index (χ1n) is 8.61. The van der Waals surface area contributed by atoms with Crippen LogP contribution in [0.1, 0.15) is 35.6 Å². The van der Waals surface area contributed by atoms with Crippen molar-refractivity contribution in [3.05, 3.63) is 71.3 Å². The van der Waals surface area contributed by atoms with Crippen molar-refractivity contribution in [3.8, 4) is 0 Å². The van der Waals surface area contributed by atoms with Crippen LogP contribution in [0.4, 0.5) is 0 Å². The molecule has 0 aliphatic carbocycles. The molecule has 1 saturated heterocycles. The lowest BCUT2D eigenvalue weighted by Crippen LogP contribution is -2.33. The number of nitrogens with zero attached hydrogens (tertiary/aromatic N) is 1. The Morgan fingerprint density at radius 3 is 2.50 bits per heavy atom. The summed E-state index contributed by atoms with van der Waals surface area (Å²) in [7, 11) is 0. The summed E-state index contributed by atoms with van der Waals surface area (Å²) in [4.78, 5) is 14.7. The van der Waals surface area contributed by atoms with E-state index in [1.165, 1.54) is 31.5 Å². The molecule has 1 unspecified atom stereocenters. The Morgan fingerprint density at radius 2 is 1.75 bits per heavy atom. The molecule has 2 aromatic rings. The van der Waals surface area contributed by atoms with E-state index in [-0.39, 0.29) is 5.91 Å². The lowest BCUT2D eigenvalue weighted by molar-refractivity contribution is -0.122. The lowest BCUT2D eigenvalue weighted by Gasteiger charge is -2.16. The van der Waals surface area contributed by atoms with Gasteiger partial charge in [0.25, 0.3) is 0 Å². The van der Waals surface area contributed by atoms with Gasteiger partial charge in [-0.2, -0.15) is 0 Å². The van der Waals surface area contributed by atoms with Gasteiger partial charge in [-0.05, 0) is 42.6 Å². The summed E-state index contributed by atoms with van der Waals surface area (Å²) in [6.07, 6.45) is 2.60. The number of likely N-dealkylation sites (tertiary alicyclic amines) is 1. The van der Waals surface area contributed by atoms with Gasteiger partial charge in [-0.3, -0.25) is 9.69 Å². The van der Waals surface area contributed by atoms with Crippen molar-refractivity contribution < 1.29 is 4.79 Å². The largest absolute Gasteiger partial charge is 0.350 e. The number of carbonyl (C=O) groups is 1. The van der Waals surface area contributed by atoms with Crippen LogP contribution in [0.5, 0.6) is 0 Å². The number of rotatable bonds is 6. The van der Waals surface area contributed by atoms with Gasteiger partial charge in [0.15, 0.2) is 0 Å². The van der Waals surface area contributed by atoms with Gasteiger partial charge in [-0.25, -0.2) is 0 Å². The van der Waals surface area contributed by atoms with Crippen LogP contribution in [0.15, 0.2) is 54.6 Å². The van der Waals surface area contributed by atoms with Gasteiger partial charge in [0.2, 0.25) is 5.91 Å². The van der Waals surface area contributed by atoms with E-state index < -0.39 is 6.04 Å². The van der Waals surface area contributed by atoms with Crippen LogP contribution < -0.4 is 11.1 Å². The maximum atomic E-state index is 12.2. The highest BCUT2D eigenvalue weighted by Gasteiger charge is 2.15. The predicted octanol–water partition coefficient (Wildman–Crippen LogP) is 2.60. The molecule has 3 N–H and O–H groups in total. The first-order valence-corrected chi connectivity index (χ1v) is 8.61. The molecule has 1 fully saturated rings. The quantitative estimate of drug-likeness (QED) is 0.859. The topological polar surface area (TPSA) is 58.4 Å². The van der Waals surface area contributed by atoms with Crippen molar-refractivity contribution in [3.63, 3.8) is 0 Å². The van der Waals surface area contributed by atoms with Crippen LogP contribution in [-0.2, 0) is 17.9 Å². The molecule has 0 spiro atoms. The van der Waals surface area contributed by atoms with Gasteiger partial charge >= 0.3 is 0 Å². The zero-order chi connectivity index (χ0) is 16.8. The number of nitrogens with one attached hydrogen (secondary N) is 1. The number of hydrogen-bond donors (Lipinski definition) is 2. The lowest BCUT2D eigenvalue weighted by atomic mass is 10.1. The molecule has 0 aromatic heterocycles. The summed E-state index contributed by atoms with van der Waals surface area (Å²) >= 11 is 0. The summed E-state index contributed by atoms with van der Waals surface area (Å²) in [6.45, 7) is 3.87. The van der Waals surface area contributed by atoms with E-state index in [0.717, 1.165) is 17.7 Å². The Hall–Kier alpha value is -2.17. The fourth-order valence-corrected chi connectivity index (χ4v) is 3.15. The molecule has 4 heteroatoms. The highest BCUT2D eigenvalue weighted by atomic mass is 16.2. The van der Waals surface area contributed by atoms with E-state index in [1.807, 2.05) is 36.4 Å². The molecule has 3 rings (SSSR count). The standard InChI is InChI=1S/C20H25N3O/c21-19(18-9-2-1-3-10-18)20(24)22-14-16-7-6-8-17(13-16)15-23-11-4-5-12-23/h1-3,6-10,13,19H,4-5,11-12,14-15,21H2,(H,22,24). The van der Waals surface area contributed by atoms with Crippen LogP contribution in [0.25, 0.3) is 0 Å². The van der Waals surface area contributed by atoms with Crippen molar-refractivity contribution in [2.45, 2.75) is 32.0 Å². The molecule has 0 radical (unpaired) electrons. The van der Waals surface area contributed by atoms with Crippen molar-refractivity contribution in [2.75, 3.05) is 13.1 Å². The summed E-state index contributed by atoms with van der Waals surface area (Å²) in [5.74, 6) is -0.147. The average molecular weight is 323 g/mol. The smallest absolute Gasteiger partial charge is 0.241 e. The molecule has 126 valence electrons. The third kappa shape index (κ3) is 4.43. The predicted molar refractivity (Wildman–Crippen MR) is 96.2 cm³/mol. The fourth-order valence-electron chi connectivity index (χ4n) is 3.15. The molecule has 1 atom stereocenters. The van der Waals surface area contributed by atoms with E-state index in [0.29, 0.717) is 6.54 Å². The monoisotopic (exact) mass is 323 g/mol. The Kier molecular flexibility index (Phi) is 5.62. The van der Waals surface area contributed by atoms with Gasteiger partial charge in [0, 0.05) is 13.1 Å². The van der Waals surface area contributed by atoms with E-state index >= 15 is 0 Å². The SMILES string of the molecule is NC(C(=O)NCc1cccc(CN2CCCC2)c1)c1ccccc1. The number of carbonyl (C=O) groups excluding carboxylic acids is 1. The van der Waals surface area contributed by atoms with Gasteiger partial charge < -0.3 is 11.1 Å². The molecular weight excluding hydrogens is 298 g/mol. The Bertz CT molecular complexity index is 666. The van der Waals surface area contributed by atoms with Crippen LogP contribution in [0.2, 0.25) is 0 Å². The number of amides is 1. The van der Waals surface area contributed by atoms with Crippen molar-refractivity contribution in [1.82, 2.24) is 10.2 Å². The second kappa shape index (κ2) is 8.08. The number of benzene rings is 2. The Balaban J connectivity index is 1.55. The average Bonchev–Trinajstić information content (AvgIpc) is 3.13. The number of hydrogen-bond acceptors (Lipinski definition) is 3. The molecule has 1 amide bonds.